The summed E-state index contributed by atoms with van der Waals surface area (Å²) in [5, 5.41) is 8.99. The summed E-state index contributed by atoms with van der Waals surface area (Å²) in [6, 6.07) is 9.58. The lowest BCUT2D eigenvalue weighted by molar-refractivity contribution is 0.0709. The number of ether oxygens (including phenoxy) is 1. The van der Waals surface area contributed by atoms with Gasteiger partial charge in [-0.1, -0.05) is 25.8 Å². The van der Waals surface area contributed by atoms with Crippen LogP contribution in [0.1, 0.15) is 49.4 Å². The van der Waals surface area contributed by atoms with Crippen LogP contribution in [0, 0.1) is 11.3 Å². The minimum absolute atomic E-state index is 0.0644. The number of hydrogen-bond donors (Lipinski definition) is 0. The first kappa shape index (κ1) is 15.4. The number of nitrogens with zero attached hydrogens (tertiary/aromatic N) is 2. The van der Waals surface area contributed by atoms with Gasteiger partial charge in [0, 0.05) is 11.6 Å². The highest BCUT2D eigenvalue weighted by Gasteiger charge is 2.27. The molecule has 4 heteroatoms. The first-order valence-corrected chi connectivity index (χ1v) is 7.67. The standard InChI is InChI=1S/C17H22N2O2/c1-2-12-21-16-9-5-6-14(13-16)17(20)19(11-10-18)15-7-3-4-8-15/h5-6,9,13,15H,2-4,7-8,11-12H2,1H3. The van der Waals surface area contributed by atoms with E-state index in [0.29, 0.717) is 17.9 Å². The van der Waals surface area contributed by atoms with E-state index in [9.17, 15) is 4.79 Å². The fourth-order valence-corrected chi connectivity index (χ4v) is 2.76. The Morgan fingerprint density at radius 2 is 2.19 bits per heavy atom. The summed E-state index contributed by atoms with van der Waals surface area (Å²) in [4.78, 5) is 14.4. The normalized spacial score (nSPS) is 14.7. The molecule has 112 valence electrons. The van der Waals surface area contributed by atoms with Gasteiger partial charge >= 0.3 is 0 Å². The highest BCUT2D eigenvalue weighted by molar-refractivity contribution is 5.95. The number of rotatable bonds is 6. The van der Waals surface area contributed by atoms with E-state index in [-0.39, 0.29) is 18.5 Å². The summed E-state index contributed by atoms with van der Waals surface area (Å²) in [6.07, 6.45) is 5.21. The fraction of sp³-hybridized carbons (Fsp3) is 0.529. The van der Waals surface area contributed by atoms with Crippen LogP contribution < -0.4 is 4.74 Å². The highest BCUT2D eigenvalue weighted by Crippen LogP contribution is 2.25. The van der Waals surface area contributed by atoms with Crippen molar-refractivity contribution in [1.29, 1.82) is 5.26 Å². The van der Waals surface area contributed by atoms with E-state index in [1.807, 2.05) is 19.1 Å². The number of amides is 1. The predicted octanol–water partition coefficient (Wildman–Crippen LogP) is 3.38. The van der Waals surface area contributed by atoms with E-state index in [1.165, 1.54) is 0 Å². The van der Waals surface area contributed by atoms with Gasteiger partial charge in [-0.05, 0) is 37.5 Å². The summed E-state index contributed by atoms with van der Waals surface area (Å²) in [6.45, 7) is 2.84. The molecule has 1 amide bonds. The van der Waals surface area contributed by atoms with Gasteiger partial charge in [0.15, 0.2) is 0 Å². The zero-order valence-electron chi connectivity index (χ0n) is 12.5. The molecular formula is C17H22N2O2. The van der Waals surface area contributed by atoms with Gasteiger partial charge in [0.2, 0.25) is 0 Å². The van der Waals surface area contributed by atoms with Crippen molar-refractivity contribution in [3.63, 3.8) is 0 Å². The van der Waals surface area contributed by atoms with Crippen LogP contribution in [-0.2, 0) is 0 Å². The largest absolute Gasteiger partial charge is 0.494 e. The van der Waals surface area contributed by atoms with Crippen molar-refractivity contribution < 1.29 is 9.53 Å². The topological polar surface area (TPSA) is 53.3 Å². The van der Waals surface area contributed by atoms with Crippen LogP contribution in [0.3, 0.4) is 0 Å². The minimum Gasteiger partial charge on any atom is -0.494 e. The van der Waals surface area contributed by atoms with Gasteiger partial charge in [0.1, 0.15) is 12.3 Å². The van der Waals surface area contributed by atoms with Crippen LogP contribution in [0.15, 0.2) is 24.3 Å². The van der Waals surface area contributed by atoms with Crippen LogP contribution >= 0.6 is 0 Å². The molecule has 2 rings (SSSR count). The Bertz CT molecular complexity index is 516. The third-order valence-electron chi connectivity index (χ3n) is 3.82. The van der Waals surface area contributed by atoms with Crippen LogP contribution in [0.4, 0.5) is 0 Å². The maximum atomic E-state index is 12.7. The fourth-order valence-electron chi connectivity index (χ4n) is 2.76. The van der Waals surface area contributed by atoms with Crippen LogP contribution in [0.5, 0.6) is 5.75 Å². The third-order valence-corrected chi connectivity index (χ3v) is 3.82. The summed E-state index contributed by atoms with van der Waals surface area (Å²) < 4.78 is 5.58. The second-order valence-electron chi connectivity index (χ2n) is 5.41. The SMILES string of the molecule is CCCOc1cccc(C(=O)N(CC#N)C2CCCC2)c1. The van der Waals surface area contributed by atoms with E-state index in [2.05, 4.69) is 6.07 Å². The maximum Gasteiger partial charge on any atom is 0.255 e. The molecule has 1 aliphatic rings. The molecule has 0 aromatic heterocycles. The predicted molar refractivity (Wildman–Crippen MR) is 81.1 cm³/mol. The van der Waals surface area contributed by atoms with Crippen molar-refractivity contribution in [2.24, 2.45) is 0 Å². The van der Waals surface area contributed by atoms with Crippen LogP contribution in [-0.4, -0.2) is 30.0 Å². The summed E-state index contributed by atoms with van der Waals surface area (Å²) in [7, 11) is 0. The Labute approximate surface area is 126 Å². The molecule has 21 heavy (non-hydrogen) atoms. The summed E-state index contributed by atoms with van der Waals surface area (Å²) in [5.41, 5.74) is 0.603. The van der Waals surface area contributed by atoms with Gasteiger partial charge in [-0.2, -0.15) is 5.26 Å². The maximum absolute atomic E-state index is 12.7. The molecule has 1 aromatic carbocycles. The van der Waals surface area contributed by atoms with Crippen LogP contribution in [0.25, 0.3) is 0 Å². The molecule has 1 saturated carbocycles. The smallest absolute Gasteiger partial charge is 0.255 e. The number of hydrogen-bond acceptors (Lipinski definition) is 3. The molecule has 1 aliphatic carbocycles. The Morgan fingerprint density at radius 3 is 2.86 bits per heavy atom. The molecule has 0 saturated heterocycles. The number of carbonyl (C=O) groups is 1. The lowest BCUT2D eigenvalue weighted by Crippen LogP contribution is -2.39. The van der Waals surface area contributed by atoms with Gasteiger partial charge < -0.3 is 9.64 Å². The second-order valence-corrected chi connectivity index (χ2v) is 5.41. The van der Waals surface area contributed by atoms with Crippen molar-refractivity contribution in [2.45, 2.75) is 45.1 Å². The molecule has 0 bridgehead atoms. The second kappa shape index (κ2) is 7.68. The average Bonchev–Trinajstić information content (AvgIpc) is 3.04. The average molecular weight is 286 g/mol. The Balaban J connectivity index is 2.14. The van der Waals surface area contributed by atoms with Gasteiger partial charge in [-0.15, -0.1) is 0 Å². The molecule has 0 spiro atoms. The Kier molecular flexibility index (Phi) is 5.62. The molecule has 1 fully saturated rings. The monoisotopic (exact) mass is 286 g/mol. The Hall–Kier alpha value is -2.02. The molecule has 4 nitrogen and oxygen atoms in total. The van der Waals surface area contributed by atoms with Crippen molar-refractivity contribution in [3.05, 3.63) is 29.8 Å². The molecule has 0 radical (unpaired) electrons. The van der Waals surface area contributed by atoms with E-state index in [0.717, 1.165) is 32.1 Å². The number of benzene rings is 1. The van der Waals surface area contributed by atoms with Crippen LogP contribution in [0.2, 0.25) is 0 Å². The van der Waals surface area contributed by atoms with Crippen molar-refractivity contribution in [1.82, 2.24) is 4.90 Å². The lowest BCUT2D eigenvalue weighted by atomic mass is 10.1. The molecule has 0 atom stereocenters. The number of carbonyl (C=O) groups excluding carboxylic acids is 1. The zero-order valence-corrected chi connectivity index (χ0v) is 12.5. The van der Waals surface area contributed by atoms with Crippen molar-refractivity contribution in [2.75, 3.05) is 13.2 Å². The molecule has 0 N–H and O–H groups in total. The van der Waals surface area contributed by atoms with Crippen molar-refractivity contribution in [3.8, 4) is 11.8 Å². The van der Waals surface area contributed by atoms with E-state index in [1.54, 1.807) is 17.0 Å². The zero-order chi connectivity index (χ0) is 15.1. The molecule has 1 aromatic rings. The first-order chi connectivity index (χ1) is 10.3. The molecular weight excluding hydrogens is 264 g/mol. The first-order valence-electron chi connectivity index (χ1n) is 7.67. The highest BCUT2D eigenvalue weighted by atomic mass is 16.5. The van der Waals surface area contributed by atoms with E-state index >= 15 is 0 Å². The summed E-state index contributed by atoms with van der Waals surface area (Å²) in [5.74, 6) is 0.649. The number of nitriles is 1. The molecule has 0 aliphatic heterocycles. The summed E-state index contributed by atoms with van der Waals surface area (Å²) >= 11 is 0. The van der Waals surface area contributed by atoms with E-state index in [4.69, 9.17) is 10.00 Å². The van der Waals surface area contributed by atoms with Crippen molar-refractivity contribution >= 4 is 5.91 Å². The lowest BCUT2D eigenvalue weighted by Gasteiger charge is -2.26. The molecule has 0 heterocycles. The minimum atomic E-state index is -0.0644. The molecule has 0 unspecified atom stereocenters. The van der Waals surface area contributed by atoms with Gasteiger partial charge in [0.25, 0.3) is 5.91 Å². The third kappa shape index (κ3) is 3.98. The Morgan fingerprint density at radius 1 is 1.43 bits per heavy atom. The van der Waals surface area contributed by atoms with Gasteiger partial charge in [0.05, 0.1) is 12.7 Å². The van der Waals surface area contributed by atoms with Gasteiger partial charge in [-0.25, -0.2) is 0 Å². The van der Waals surface area contributed by atoms with E-state index < -0.39 is 0 Å². The quantitative estimate of drug-likeness (QED) is 0.753. The van der Waals surface area contributed by atoms with Gasteiger partial charge in [-0.3, -0.25) is 4.79 Å².